The quantitative estimate of drug-likeness (QED) is 0.166. The highest BCUT2D eigenvalue weighted by atomic mass is 16.4. The fourth-order valence-corrected chi connectivity index (χ4v) is 1.81. The van der Waals surface area contributed by atoms with Crippen LogP contribution in [0.1, 0.15) is 21.5 Å². The van der Waals surface area contributed by atoms with E-state index in [2.05, 4.69) is 5.16 Å². The predicted molar refractivity (Wildman–Crippen MR) is 77.7 cm³/mol. The molecule has 0 radical (unpaired) electrons. The summed E-state index contributed by atoms with van der Waals surface area (Å²) >= 11 is 0. The maximum absolute atomic E-state index is 12.4. The first-order chi connectivity index (χ1) is 9.54. The number of para-hydroxylation sites is 1. The van der Waals surface area contributed by atoms with Crippen LogP contribution in [0.3, 0.4) is 0 Å². The summed E-state index contributed by atoms with van der Waals surface area (Å²) in [6.45, 7) is 0. The Bertz CT molecular complexity index is 695. The number of nitrogens with two attached hydrogens (primary N) is 3. The molecule has 0 saturated heterocycles. The molecule has 0 spiro atoms. The Labute approximate surface area is 115 Å². The molecule has 6 nitrogen and oxygen atoms in total. The molecule has 0 aliphatic rings. The van der Waals surface area contributed by atoms with Crippen LogP contribution in [0.5, 0.6) is 0 Å². The standard InChI is InChI=1S/C14H14N4O2/c15-11-6-2-5-10(12(11)16)13(19)8-3-1-4-9(7-8)14(17)18-20/h1-7,20H,15-16H2,(H2,17,18). The van der Waals surface area contributed by atoms with E-state index in [9.17, 15) is 4.79 Å². The second-order valence-corrected chi connectivity index (χ2v) is 4.20. The molecule has 0 unspecified atom stereocenters. The van der Waals surface area contributed by atoms with E-state index in [1.54, 1.807) is 36.4 Å². The minimum absolute atomic E-state index is 0.0693. The van der Waals surface area contributed by atoms with E-state index in [4.69, 9.17) is 22.4 Å². The van der Waals surface area contributed by atoms with E-state index in [-0.39, 0.29) is 17.3 Å². The molecule has 0 aliphatic carbocycles. The van der Waals surface area contributed by atoms with Crippen molar-refractivity contribution in [2.75, 3.05) is 11.5 Å². The van der Waals surface area contributed by atoms with Crippen molar-refractivity contribution in [3.8, 4) is 0 Å². The van der Waals surface area contributed by atoms with Crippen molar-refractivity contribution in [2.45, 2.75) is 0 Å². The number of nitrogen functional groups attached to an aromatic ring is 2. The van der Waals surface area contributed by atoms with E-state index in [0.717, 1.165) is 0 Å². The van der Waals surface area contributed by atoms with Gasteiger partial charge in [-0.1, -0.05) is 29.4 Å². The van der Waals surface area contributed by atoms with Crippen LogP contribution in [-0.4, -0.2) is 16.8 Å². The Morgan fingerprint density at radius 1 is 1.05 bits per heavy atom. The average molecular weight is 270 g/mol. The summed E-state index contributed by atoms with van der Waals surface area (Å²) in [4.78, 5) is 12.4. The molecule has 0 amide bonds. The predicted octanol–water partition coefficient (Wildman–Crippen LogP) is 1.18. The molecular formula is C14H14N4O2. The number of carbonyl (C=O) groups excluding carboxylic acids is 1. The Kier molecular flexibility index (Phi) is 3.56. The van der Waals surface area contributed by atoms with Crippen LogP contribution in [0.4, 0.5) is 11.4 Å². The maximum atomic E-state index is 12.4. The third-order valence-corrected chi connectivity index (χ3v) is 2.91. The number of rotatable bonds is 3. The monoisotopic (exact) mass is 270 g/mol. The molecule has 0 fully saturated rings. The fourth-order valence-electron chi connectivity index (χ4n) is 1.81. The Morgan fingerprint density at radius 3 is 2.40 bits per heavy atom. The molecule has 0 aromatic heterocycles. The number of ketones is 1. The molecule has 7 N–H and O–H groups in total. The summed E-state index contributed by atoms with van der Waals surface area (Å²) < 4.78 is 0. The van der Waals surface area contributed by atoms with Crippen LogP contribution in [0.15, 0.2) is 47.6 Å². The number of nitrogens with zero attached hydrogens (tertiary/aromatic N) is 1. The fraction of sp³-hybridized carbons (Fsp3) is 0. The first-order valence-corrected chi connectivity index (χ1v) is 5.81. The first kappa shape index (κ1) is 13.4. The van der Waals surface area contributed by atoms with Crippen LogP contribution < -0.4 is 17.2 Å². The normalized spacial score (nSPS) is 11.3. The van der Waals surface area contributed by atoms with Crippen molar-refractivity contribution in [3.63, 3.8) is 0 Å². The second-order valence-electron chi connectivity index (χ2n) is 4.20. The number of hydrogen-bond acceptors (Lipinski definition) is 5. The zero-order valence-electron chi connectivity index (χ0n) is 10.6. The SMILES string of the molecule is NC(=NO)c1cccc(C(=O)c2cccc(N)c2N)c1. The van der Waals surface area contributed by atoms with Gasteiger partial charge in [0.05, 0.1) is 11.4 Å². The summed E-state index contributed by atoms with van der Waals surface area (Å²) in [6, 6.07) is 11.3. The van der Waals surface area contributed by atoms with Crippen molar-refractivity contribution in [1.29, 1.82) is 0 Å². The molecule has 0 atom stereocenters. The van der Waals surface area contributed by atoms with Gasteiger partial charge in [-0.3, -0.25) is 4.79 Å². The zero-order valence-corrected chi connectivity index (χ0v) is 10.6. The molecule has 0 aliphatic heterocycles. The third-order valence-electron chi connectivity index (χ3n) is 2.91. The summed E-state index contributed by atoms with van der Waals surface area (Å²) in [6.07, 6.45) is 0. The van der Waals surface area contributed by atoms with Gasteiger partial charge in [0.1, 0.15) is 0 Å². The van der Waals surface area contributed by atoms with Crippen LogP contribution >= 0.6 is 0 Å². The topological polar surface area (TPSA) is 128 Å². The minimum Gasteiger partial charge on any atom is -0.409 e. The van der Waals surface area contributed by atoms with E-state index in [0.29, 0.717) is 22.4 Å². The number of benzene rings is 2. The van der Waals surface area contributed by atoms with E-state index >= 15 is 0 Å². The molecule has 2 aromatic rings. The molecule has 6 heteroatoms. The lowest BCUT2D eigenvalue weighted by molar-refractivity contribution is 0.103. The highest BCUT2D eigenvalue weighted by Crippen LogP contribution is 2.22. The van der Waals surface area contributed by atoms with Crippen LogP contribution in [0.2, 0.25) is 0 Å². The number of anilines is 2. The van der Waals surface area contributed by atoms with Gasteiger partial charge in [-0.2, -0.15) is 0 Å². The lowest BCUT2D eigenvalue weighted by Crippen LogP contribution is -2.14. The third kappa shape index (κ3) is 2.39. The van der Waals surface area contributed by atoms with Crippen LogP contribution in [0.25, 0.3) is 0 Å². The van der Waals surface area contributed by atoms with Gasteiger partial charge in [-0.05, 0) is 18.2 Å². The van der Waals surface area contributed by atoms with Crippen molar-refractivity contribution >= 4 is 23.0 Å². The van der Waals surface area contributed by atoms with Crippen LogP contribution in [-0.2, 0) is 0 Å². The average Bonchev–Trinajstić information content (AvgIpc) is 2.48. The number of oxime groups is 1. The van der Waals surface area contributed by atoms with Gasteiger partial charge in [-0.25, -0.2) is 0 Å². The lowest BCUT2D eigenvalue weighted by atomic mass is 9.99. The molecule has 20 heavy (non-hydrogen) atoms. The largest absolute Gasteiger partial charge is 0.409 e. The van der Waals surface area contributed by atoms with E-state index < -0.39 is 0 Å². The number of carbonyl (C=O) groups is 1. The molecule has 0 heterocycles. The second kappa shape index (κ2) is 5.31. The van der Waals surface area contributed by atoms with Gasteiger partial charge in [0.15, 0.2) is 11.6 Å². The first-order valence-electron chi connectivity index (χ1n) is 5.81. The summed E-state index contributed by atoms with van der Waals surface area (Å²) in [5.41, 5.74) is 18.7. The molecule has 2 aromatic carbocycles. The summed E-state index contributed by atoms with van der Waals surface area (Å²) in [7, 11) is 0. The Hall–Kier alpha value is -3.02. The van der Waals surface area contributed by atoms with Gasteiger partial charge < -0.3 is 22.4 Å². The van der Waals surface area contributed by atoms with Gasteiger partial charge in [0, 0.05) is 16.7 Å². The Balaban J connectivity index is 2.46. The van der Waals surface area contributed by atoms with Crippen molar-refractivity contribution in [1.82, 2.24) is 0 Å². The van der Waals surface area contributed by atoms with Gasteiger partial charge in [-0.15, -0.1) is 0 Å². The molecule has 0 bridgehead atoms. The van der Waals surface area contributed by atoms with Gasteiger partial charge in [0.25, 0.3) is 0 Å². The Morgan fingerprint density at radius 2 is 1.70 bits per heavy atom. The van der Waals surface area contributed by atoms with Crippen molar-refractivity contribution < 1.29 is 10.0 Å². The zero-order chi connectivity index (χ0) is 14.7. The molecule has 0 saturated carbocycles. The number of amidine groups is 1. The summed E-state index contributed by atoms with van der Waals surface area (Å²) in [5, 5.41) is 11.6. The van der Waals surface area contributed by atoms with E-state index in [1.165, 1.54) is 6.07 Å². The van der Waals surface area contributed by atoms with Gasteiger partial charge >= 0.3 is 0 Å². The lowest BCUT2D eigenvalue weighted by Gasteiger charge is -2.08. The highest BCUT2D eigenvalue weighted by molar-refractivity contribution is 6.14. The minimum atomic E-state index is -0.276. The smallest absolute Gasteiger partial charge is 0.195 e. The summed E-state index contributed by atoms with van der Waals surface area (Å²) in [5.74, 6) is -0.345. The van der Waals surface area contributed by atoms with Gasteiger partial charge in [0.2, 0.25) is 0 Å². The molecule has 102 valence electrons. The van der Waals surface area contributed by atoms with Crippen LogP contribution in [0, 0.1) is 0 Å². The van der Waals surface area contributed by atoms with Crippen molar-refractivity contribution in [2.24, 2.45) is 10.9 Å². The van der Waals surface area contributed by atoms with Crippen molar-refractivity contribution in [3.05, 3.63) is 59.2 Å². The molecule has 2 rings (SSSR count). The highest BCUT2D eigenvalue weighted by Gasteiger charge is 2.14. The molecular weight excluding hydrogens is 256 g/mol. The number of hydrogen-bond donors (Lipinski definition) is 4. The van der Waals surface area contributed by atoms with E-state index in [1.807, 2.05) is 0 Å². The maximum Gasteiger partial charge on any atom is 0.195 e.